The van der Waals surface area contributed by atoms with E-state index in [0.717, 1.165) is 6.54 Å². The average Bonchev–Trinajstić information content (AvgIpc) is 2.47. The number of piperazine rings is 1. The van der Waals surface area contributed by atoms with Gasteiger partial charge in [-0.1, -0.05) is 12.1 Å². The number of ether oxygens (including phenoxy) is 2. The molecule has 1 aliphatic heterocycles. The first-order chi connectivity index (χ1) is 9.94. The number of methoxy groups -OCH3 is 1. The van der Waals surface area contributed by atoms with Gasteiger partial charge in [0.05, 0.1) is 7.11 Å². The maximum Gasteiger partial charge on any atom is 0.261 e. The molecule has 116 valence electrons. The zero-order valence-electron chi connectivity index (χ0n) is 13.2. The topological polar surface area (TPSA) is 50.8 Å². The van der Waals surface area contributed by atoms with Crippen LogP contribution in [0.3, 0.4) is 0 Å². The van der Waals surface area contributed by atoms with E-state index in [1.807, 2.05) is 23.1 Å². The highest BCUT2D eigenvalue weighted by Gasteiger charge is 2.35. The predicted molar refractivity (Wildman–Crippen MR) is 81.7 cm³/mol. The van der Waals surface area contributed by atoms with Gasteiger partial charge in [0.1, 0.15) is 0 Å². The molecule has 0 aliphatic carbocycles. The van der Waals surface area contributed by atoms with Crippen LogP contribution >= 0.6 is 0 Å². The molecule has 1 atom stereocenters. The van der Waals surface area contributed by atoms with E-state index in [-0.39, 0.29) is 18.1 Å². The number of nitrogens with one attached hydrogen (secondary N) is 1. The van der Waals surface area contributed by atoms with Crippen LogP contribution in [0.5, 0.6) is 11.5 Å². The second-order valence-corrected chi connectivity index (χ2v) is 6.04. The first-order valence-electron chi connectivity index (χ1n) is 7.24. The van der Waals surface area contributed by atoms with Crippen molar-refractivity contribution in [2.45, 2.75) is 32.4 Å². The lowest BCUT2D eigenvalue weighted by atomic mass is 9.98. The highest BCUT2D eigenvalue weighted by atomic mass is 16.5. The maximum atomic E-state index is 12.5. The Morgan fingerprint density at radius 3 is 2.71 bits per heavy atom. The van der Waals surface area contributed by atoms with Gasteiger partial charge < -0.3 is 19.7 Å². The number of carbonyl (C=O) groups excluding carboxylic acids is 1. The number of carbonyl (C=O) groups is 1. The molecule has 5 heteroatoms. The number of rotatable bonds is 4. The Balaban J connectivity index is 2.00. The van der Waals surface area contributed by atoms with E-state index in [2.05, 4.69) is 26.1 Å². The number of nitrogens with zero attached hydrogens (tertiary/aromatic N) is 1. The van der Waals surface area contributed by atoms with E-state index in [1.54, 1.807) is 13.2 Å². The highest BCUT2D eigenvalue weighted by molar-refractivity contribution is 5.79. The van der Waals surface area contributed by atoms with Gasteiger partial charge in [0.15, 0.2) is 18.1 Å². The minimum atomic E-state index is -0.201. The summed E-state index contributed by atoms with van der Waals surface area (Å²) in [5.41, 5.74) is -0.201. The molecule has 0 aromatic heterocycles. The number of hydrogen-bond donors (Lipinski definition) is 1. The monoisotopic (exact) mass is 292 g/mol. The fraction of sp³-hybridized carbons (Fsp3) is 0.562. The van der Waals surface area contributed by atoms with Crippen LogP contribution in [0.15, 0.2) is 24.3 Å². The standard InChI is InChI=1S/C16H24N2O3/c1-12-9-18(16(2,3)11-17-12)15(19)10-21-14-8-6-5-7-13(14)20-4/h5-8,12,17H,9-11H2,1-4H3. The molecule has 1 saturated heterocycles. The van der Waals surface area contributed by atoms with Crippen molar-refractivity contribution in [2.24, 2.45) is 0 Å². The largest absolute Gasteiger partial charge is 0.493 e. The smallest absolute Gasteiger partial charge is 0.261 e. The summed E-state index contributed by atoms with van der Waals surface area (Å²) in [5.74, 6) is 1.23. The minimum Gasteiger partial charge on any atom is -0.493 e. The van der Waals surface area contributed by atoms with Gasteiger partial charge in [0, 0.05) is 24.7 Å². The van der Waals surface area contributed by atoms with Crippen molar-refractivity contribution in [3.63, 3.8) is 0 Å². The van der Waals surface area contributed by atoms with Crippen LogP contribution in [-0.4, -0.2) is 49.2 Å². The van der Waals surface area contributed by atoms with E-state index in [0.29, 0.717) is 24.1 Å². The molecule has 21 heavy (non-hydrogen) atoms. The Morgan fingerprint density at radius 2 is 2.05 bits per heavy atom. The van der Waals surface area contributed by atoms with E-state index in [9.17, 15) is 4.79 Å². The van der Waals surface area contributed by atoms with Gasteiger partial charge in [0.25, 0.3) is 5.91 Å². The highest BCUT2D eigenvalue weighted by Crippen LogP contribution is 2.26. The van der Waals surface area contributed by atoms with Crippen molar-refractivity contribution in [1.82, 2.24) is 10.2 Å². The molecule has 0 radical (unpaired) electrons. The molecule has 0 saturated carbocycles. The van der Waals surface area contributed by atoms with Crippen molar-refractivity contribution >= 4 is 5.91 Å². The lowest BCUT2D eigenvalue weighted by Crippen LogP contribution is -2.63. The van der Waals surface area contributed by atoms with E-state index in [4.69, 9.17) is 9.47 Å². The van der Waals surface area contributed by atoms with Crippen LogP contribution in [0.2, 0.25) is 0 Å². The summed E-state index contributed by atoms with van der Waals surface area (Å²) in [6.07, 6.45) is 0. The third-order valence-electron chi connectivity index (χ3n) is 3.79. The van der Waals surface area contributed by atoms with E-state index >= 15 is 0 Å². The summed E-state index contributed by atoms with van der Waals surface area (Å²) >= 11 is 0. The molecule has 1 aromatic carbocycles. The number of hydrogen-bond acceptors (Lipinski definition) is 4. The number of para-hydroxylation sites is 2. The molecule has 1 N–H and O–H groups in total. The molecule has 1 fully saturated rings. The van der Waals surface area contributed by atoms with Crippen molar-refractivity contribution in [2.75, 3.05) is 26.8 Å². The van der Waals surface area contributed by atoms with Crippen molar-refractivity contribution < 1.29 is 14.3 Å². The third kappa shape index (κ3) is 3.67. The molecular formula is C16H24N2O3. The minimum absolute atomic E-state index is 0.000689. The summed E-state index contributed by atoms with van der Waals surface area (Å²) in [6.45, 7) is 7.71. The summed E-state index contributed by atoms with van der Waals surface area (Å²) in [6, 6.07) is 7.65. The number of amides is 1. The van der Waals surface area contributed by atoms with Gasteiger partial charge in [-0.05, 0) is 32.9 Å². The Kier molecular flexibility index (Phi) is 4.73. The first kappa shape index (κ1) is 15.6. The molecule has 0 bridgehead atoms. The predicted octanol–water partition coefficient (Wildman–Crippen LogP) is 1.67. The first-order valence-corrected chi connectivity index (χ1v) is 7.24. The molecule has 0 spiro atoms. The van der Waals surface area contributed by atoms with E-state index < -0.39 is 0 Å². The Bertz CT molecular complexity index is 502. The van der Waals surface area contributed by atoms with Crippen LogP contribution in [0.4, 0.5) is 0 Å². The van der Waals surface area contributed by atoms with Gasteiger partial charge in [-0.25, -0.2) is 0 Å². The molecule has 1 amide bonds. The lowest BCUT2D eigenvalue weighted by Gasteiger charge is -2.45. The second kappa shape index (κ2) is 6.35. The van der Waals surface area contributed by atoms with Crippen LogP contribution in [0.25, 0.3) is 0 Å². The molecule has 2 rings (SSSR count). The second-order valence-electron chi connectivity index (χ2n) is 6.04. The van der Waals surface area contributed by atoms with Crippen molar-refractivity contribution in [1.29, 1.82) is 0 Å². The third-order valence-corrected chi connectivity index (χ3v) is 3.79. The summed E-state index contributed by atoms with van der Waals surface area (Å²) < 4.78 is 10.9. The molecule has 5 nitrogen and oxygen atoms in total. The van der Waals surface area contributed by atoms with Crippen LogP contribution in [-0.2, 0) is 4.79 Å². The van der Waals surface area contributed by atoms with Gasteiger partial charge >= 0.3 is 0 Å². The van der Waals surface area contributed by atoms with Crippen LogP contribution < -0.4 is 14.8 Å². The number of benzene rings is 1. The van der Waals surface area contributed by atoms with Crippen molar-refractivity contribution in [3.05, 3.63) is 24.3 Å². The average molecular weight is 292 g/mol. The molecule has 1 aromatic rings. The van der Waals surface area contributed by atoms with E-state index in [1.165, 1.54) is 0 Å². The van der Waals surface area contributed by atoms with Gasteiger partial charge in [-0.15, -0.1) is 0 Å². The Labute approximate surface area is 126 Å². The Morgan fingerprint density at radius 1 is 1.38 bits per heavy atom. The summed E-state index contributed by atoms with van der Waals surface area (Å²) in [5, 5.41) is 3.39. The zero-order chi connectivity index (χ0) is 15.5. The molecule has 1 aliphatic rings. The van der Waals surface area contributed by atoms with Crippen molar-refractivity contribution in [3.8, 4) is 11.5 Å². The van der Waals surface area contributed by atoms with Gasteiger partial charge in [-0.3, -0.25) is 4.79 Å². The molecule has 1 heterocycles. The Hall–Kier alpha value is -1.75. The fourth-order valence-electron chi connectivity index (χ4n) is 2.50. The summed E-state index contributed by atoms with van der Waals surface area (Å²) in [4.78, 5) is 14.4. The SMILES string of the molecule is COc1ccccc1OCC(=O)N1CC(C)NCC1(C)C. The molecular weight excluding hydrogens is 268 g/mol. The van der Waals surface area contributed by atoms with Gasteiger partial charge in [0.2, 0.25) is 0 Å². The van der Waals surface area contributed by atoms with Gasteiger partial charge in [-0.2, -0.15) is 0 Å². The zero-order valence-corrected chi connectivity index (χ0v) is 13.2. The summed E-state index contributed by atoms with van der Waals surface area (Å²) in [7, 11) is 1.59. The fourth-order valence-corrected chi connectivity index (χ4v) is 2.50. The van der Waals surface area contributed by atoms with Crippen LogP contribution in [0, 0.1) is 0 Å². The maximum absolute atomic E-state index is 12.5. The quantitative estimate of drug-likeness (QED) is 0.917. The molecule has 1 unspecified atom stereocenters. The van der Waals surface area contributed by atoms with Crippen LogP contribution in [0.1, 0.15) is 20.8 Å². The normalized spacial score (nSPS) is 21.0. The lowest BCUT2D eigenvalue weighted by molar-refractivity contribution is -0.140.